The summed E-state index contributed by atoms with van der Waals surface area (Å²) in [6.45, 7) is 4.20. The molecule has 0 spiro atoms. The van der Waals surface area contributed by atoms with Crippen LogP contribution in [0.4, 0.5) is 0 Å². The van der Waals surface area contributed by atoms with Gasteiger partial charge >= 0.3 is 5.97 Å². The third-order valence-electron chi connectivity index (χ3n) is 12.5. The molecule has 0 aromatic carbocycles. The lowest BCUT2D eigenvalue weighted by Gasteiger charge is -2.65. The summed E-state index contributed by atoms with van der Waals surface area (Å²) in [5.41, 5.74) is -2.66. The number of carbonyl (C=O) groups is 2. The highest BCUT2D eigenvalue weighted by Gasteiger charge is 2.71. The first-order valence-electron chi connectivity index (χ1n) is 15.3. The van der Waals surface area contributed by atoms with Crippen molar-refractivity contribution in [2.75, 3.05) is 20.8 Å². The van der Waals surface area contributed by atoms with E-state index >= 15 is 0 Å². The van der Waals surface area contributed by atoms with E-state index < -0.39 is 52.7 Å². The number of hydrogen-bond acceptors (Lipinski definition) is 10. The minimum atomic E-state index is -1.27. The van der Waals surface area contributed by atoms with Crippen LogP contribution in [0.1, 0.15) is 71.6 Å². The molecule has 2 heterocycles. The molecule has 1 saturated heterocycles. The van der Waals surface area contributed by atoms with Crippen molar-refractivity contribution in [2.45, 2.75) is 120 Å². The number of rotatable bonds is 6. The fourth-order valence-electron chi connectivity index (χ4n) is 10.2. The third kappa shape index (κ3) is 4.15. The van der Waals surface area contributed by atoms with Gasteiger partial charge in [-0.15, -0.1) is 0 Å². The maximum absolute atomic E-state index is 13.1. The van der Waals surface area contributed by atoms with E-state index in [2.05, 4.69) is 6.92 Å². The summed E-state index contributed by atoms with van der Waals surface area (Å²) >= 11 is 0. The number of carbonyl (C=O) groups excluding carboxylic acids is 2. The molecule has 6 aliphatic rings. The van der Waals surface area contributed by atoms with Crippen molar-refractivity contribution in [1.82, 2.24) is 0 Å². The fraction of sp³-hybridized carbons (Fsp3) is 0.871. The summed E-state index contributed by atoms with van der Waals surface area (Å²) in [5, 5.41) is 35.2. The first-order chi connectivity index (χ1) is 19.5. The summed E-state index contributed by atoms with van der Waals surface area (Å²) in [7, 11) is 3.04. The molecule has 0 bridgehead atoms. The van der Waals surface area contributed by atoms with Crippen LogP contribution in [0, 0.1) is 28.6 Å². The van der Waals surface area contributed by atoms with Gasteiger partial charge in [-0.1, -0.05) is 6.92 Å². The van der Waals surface area contributed by atoms with Crippen molar-refractivity contribution >= 4 is 12.3 Å². The van der Waals surface area contributed by atoms with Crippen molar-refractivity contribution in [2.24, 2.45) is 28.6 Å². The van der Waals surface area contributed by atoms with Crippen LogP contribution in [0.2, 0.25) is 0 Å². The van der Waals surface area contributed by atoms with Gasteiger partial charge in [0.1, 0.15) is 31.2 Å². The summed E-state index contributed by atoms with van der Waals surface area (Å²) in [4.78, 5) is 24.9. The van der Waals surface area contributed by atoms with Crippen LogP contribution in [-0.4, -0.2) is 96.4 Å². The Balaban J connectivity index is 1.22. The quantitative estimate of drug-likeness (QED) is 0.244. The molecule has 4 aliphatic carbocycles. The van der Waals surface area contributed by atoms with Gasteiger partial charge in [0.2, 0.25) is 0 Å². The van der Waals surface area contributed by atoms with Gasteiger partial charge in [0.25, 0.3) is 0 Å². The number of aliphatic hydroxyl groups is 3. The molecule has 41 heavy (non-hydrogen) atoms. The van der Waals surface area contributed by atoms with Crippen LogP contribution < -0.4 is 0 Å². The van der Waals surface area contributed by atoms with Crippen molar-refractivity contribution in [3.8, 4) is 0 Å². The predicted molar refractivity (Wildman–Crippen MR) is 144 cm³/mol. The second-order valence-electron chi connectivity index (χ2n) is 13.8. The molecule has 4 saturated carbocycles. The standard InChI is InChI=1S/C31H46O10/c1-17-24(34)25(37-3)26(38-4)27(40-17)41-19-5-10-29(16-32)21-6-9-28(2)20(18-13-23(33)39-15-18)8-12-31(28,36)22(21)7-11-30(29,35)14-19/h13,16-17,19-22,24-27,34-36H,5-12,14-15H2,1-4H3/t17-,19?,20-,21+,22-,24-,25+,26-,27+,28-,29+,30+,31+/m1/s1. The molecule has 0 aromatic heterocycles. The average Bonchev–Trinajstić information content (AvgIpc) is 3.49. The van der Waals surface area contributed by atoms with Crippen molar-refractivity contribution < 1.29 is 48.6 Å². The molecule has 0 aromatic rings. The molecule has 0 amide bonds. The lowest BCUT2D eigenvalue weighted by Crippen LogP contribution is -2.69. The number of fused-ring (bicyclic) bond motifs is 5. The number of cyclic esters (lactones) is 1. The molecular weight excluding hydrogens is 532 g/mol. The highest BCUT2D eigenvalue weighted by molar-refractivity contribution is 5.85. The molecule has 230 valence electrons. The molecule has 10 nitrogen and oxygen atoms in total. The smallest absolute Gasteiger partial charge is 0.331 e. The Kier molecular flexibility index (Phi) is 7.49. The number of ether oxygens (including phenoxy) is 5. The molecule has 3 N–H and O–H groups in total. The number of aldehydes is 1. The van der Waals surface area contributed by atoms with E-state index in [1.54, 1.807) is 13.0 Å². The molecule has 2 aliphatic heterocycles. The van der Waals surface area contributed by atoms with E-state index in [1.165, 1.54) is 14.2 Å². The zero-order chi connectivity index (χ0) is 29.4. The van der Waals surface area contributed by atoms with Crippen LogP contribution in [0.15, 0.2) is 11.6 Å². The number of hydrogen-bond donors (Lipinski definition) is 3. The lowest BCUT2D eigenvalue weighted by atomic mass is 9.41. The van der Waals surface area contributed by atoms with Gasteiger partial charge in [0, 0.05) is 32.1 Å². The van der Waals surface area contributed by atoms with Gasteiger partial charge in [-0.2, -0.15) is 0 Å². The van der Waals surface area contributed by atoms with Crippen LogP contribution >= 0.6 is 0 Å². The Labute approximate surface area is 241 Å². The highest BCUT2D eigenvalue weighted by atomic mass is 16.7. The SMILES string of the molecule is CO[C@H]1[C@H](OC2CC[C@]3(C=O)[C@H]4CC[C@]5(C)[C@@H](C6=CC(=O)OC6)CC[C@]5(O)[C@@H]4CC[C@]3(O)C2)O[C@H](C)[C@@H](O)[C@@H]1OC. The van der Waals surface area contributed by atoms with Crippen molar-refractivity contribution in [3.05, 3.63) is 11.6 Å². The molecule has 5 fully saturated rings. The lowest BCUT2D eigenvalue weighted by molar-refractivity contribution is -0.323. The Morgan fingerprint density at radius 2 is 1.73 bits per heavy atom. The van der Waals surface area contributed by atoms with E-state index in [1.807, 2.05) is 0 Å². The Bertz CT molecular complexity index is 1080. The largest absolute Gasteiger partial charge is 0.458 e. The molecule has 13 atom stereocenters. The summed E-state index contributed by atoms with van der Waals surface area (Å²) in [6, 6.07) is 0. The Morgan fingerprint density at radius 1 is 1.00 bits per heavy atom. The van der Waals surface area contributed by atoms with Crippen LogP contribution in [0.25, 0.3) is 0 Å². The van der Waals surface area contributed by atoms with Crippen molar-refractivity contribution in [3.63, 3.8) is 0 Å². The maximum atomic E-state index is 13.1. The monoisotopic (exact) mass is 578 g/mol. The Hall–Kier alpha value is -1.40. The number of methoxy groups -OCH3 is 2. The van der Waals surface area contributed by atoms with Gasteiger partial charge < -0.3 is 43.8 Å². The summed E-state index contributed by atoms with van der Waals surface area (Å²) in [5.74, 6) is -0.499. The number of esters is 1. The van der Waals surface area contributed by atoms with Gasteiger partial charge in [0.15, 0.2) is 6.29 Å². The highest BCUT2D eigenvalue weighted by Crippen LogP contribution is 2.70. The topological polar surface area (TPSA) is 141 Å². The average molecular weight is 579 g/mol. The molecule has 10 heteroatoms. The zero-order valence-corrected chi connectivity index (χ0v) is 24.6. The summed E-state index contributed by atoms with van der Waals surface area (Å²) < 4.78 is 28.7. The van der Waals surface area contributed by atoms with E-state index in [0.717, 1.165) is 31.1 Å². The van der Waals surface area contributed by atoms with Gasteiger partial charge in [-0.25, -0.2) is 4.79 Å². The number of aliphatic hydroxyl groups excluding tert-OH is 1. The van der Waals surface area contributed by atoms with Crippen LogP contribution in [-0.2, 0) is 33.3 Å². The molecular formula is C31H46O10. The summed E-state index contributed by atoms with van der Waals surface area (Å²) in [6.07, 6.45) is 3.93. The minimum Gasteiger partial charge on any atom is -0.458 e. The molecule has 6 rings (SSSR count). The second-order valence-corrected chi connectivity index (χ2v) is 13.8. The van der Waals surface area contributed by atoms with Crippen molar-refractivity contribution in [1.29, 1.82) is 0 Å². The maximum Gasteiger partial charge on any atom is 0.331 e. The van der Waals surface area contributed by atoms with E-state index in [0.29, 0.717) is 38.7 Å². The first kappa shape index (κ1) is 29.7. The minimum absolute atomic E-state index is 0.0677. The molecule has 1 unspecified atom stereocenters. The van der Waals surface area contributed by atoms with E-state index in [9.17, 15) is 24.9 Å². The van der Waals surface area contributed by atoms with E-state index in [-0.39, 0.29) is 36.2 Å². The Morgan fingerprint density at radius 3 is 2.39 bits per heavy atom. The normalized spacial score (nSPS) is 53.1. The molecule has 0 radical (unpaired) electrons. The van der Waals surface area contributed by atoms with Gasteiger partial charge in [0.05, 0.1) is 28.8 Å². The zero-order valence-electron chi connectivity index (χ0n) is 24.6. The first-order valence-corrected chi connectivity index (χ1v) is 15.3. The predicted octanol–water partition coefficient (Wildman–Crippen LogP) is 2.06. The van der Waals surface area contributed by atoms with E-state index in [4.69, 9.17) is 23.7 Å². The van der Waals surface area contributed by atoms with Crippen LogP contribution in [0.3, 0.4) is 0 Å². The fourth-order valence-corrected chi connectivity index (χ4v) is 10.2. The van der Waals surface area contributed by atoms with Gasteiger partial charge in [-0.3, -0.25) is 0 Å². The second kappa shape index (κ2) is 10.4. The third-order valence-corrected chi connectivity index (χ3v) is 12.5. The van der Waals surface area contributed by atoms with Crippen LogP contribution in [0.5, 0.6) is 0 Å². The van der Waals surface area contributed by atoms with Gasteiger partial charge in [-0.05, 0) is 81.6 Å².